The van der Waals surface area contributed by atoms with E-state index >= 15 is 0 Å². The molecule has 0 aliphatic carbocycles. The van der Waals surface area contributed by atoms with Crippen LogP contribution in [0.4, 0.5) is 4.39 Å². The molecule has 3 aromatic rings. The number of nitrogens with zero attached hydrogens (tertiary/aromatic N) is 2. The monoisotopic (exact) mass is 282 g/mol. The maximum atomic E-state index is 12.9. The Labute approximate surface area is 120 Å². The molecule has 0 spiro atoms. The summed E-state index contributed by atoms with van der Waals surface area (Å²) in [7, 11) is 0. The van der Waals surface area contributed by atoms with Crippen molar-refractivity contribution in [1.29, 1.82) is 0 Å². The van der Waals surface area contributed by atoms with Gasteiger partial charge in [-0.25, -0.2) is 14.2 Å². The molecule has 4 nitrogen and oxygen atoms in total. The summed E-state index contributed by atoms with van der Waals surface area (Å²) in [6.45, 7) is 1.80. The molecule has 21 heavy (non-hydrogen) atoms. The van der Waals surface area contributed by atoms with Crippen LogP contribution < -0.4 is 0 Å². The van der Waals surface area contributed by atoms with Gasteiger partial charge in [-0.05, 0) is 48.9 Å². The molecule has 0 amide bonds. The number of hydrogen-bond acceptors (Lipinski definition) is 4. The Morgan fingerprint density at radius 2 is 2.00 bits per heavy atom. The first-order valence-corrected chi connectivity index (χ1v) is 6.41. The first kappa shape index (κ1) is 13.2. The first-order chi connectivity index (χ1) is 10.2. The zero-order chi connectivity index (χ0) is 14.8. The highest BCUT2D eigenvalue weighted by molar-refractivity contribution is 5.77. The molecule has 1 heterocycles. The molecule has 0 bridgehead atoms. The number of isocyanates is 1. The summed E-state index contributed by atoms with van der Waals surface area (Å²) in [5.41, 5.74) is 2.85. The fraction of sp³-hybridized carbons (Fsp3) is 0.125. The smallest absolute Gasteiger partial charge is 0.235 e. The topological polar surface area (TPSA) is 55.5 Å². The van der Waals surface area contributed by atoms with Crippen molar-refractivity contribution in [1.82, 2.24) is 4.98 Å². The van der Waals surface area contributed by atoms with Crippen LogP contribution in [0.5, 0.6) is 0 Å². The number of carbonyl (C=O) groups excluding carboxylic acids is 1. The third-order valence-corrected chi connectivity index (χ3v) is 3.23. The zero-order valence-electron chi connectivity index (χ0n) is 11.2. The first-order valence-electron chi connectivity index (χ1n) is 6.41. The van der Waals surface area contributed by atoms with Gasteiger partial charge in [-0.3, -0.25) is 0 Å². The lowest BCUT2D eigenvalue weighted by atomic mass is 10.1. The molecule has 104 valence electrons. The van der Waals surface area contributed by atoms with Crippen LogP contribution in [-0.2, 0) is 4.79 Å². The van der Waals surface area contributed by atoms with Crippen molar-refractivity contribution in [2.75, 3.05) is 0 Å². The van der Waals surface area contributed by atoms with E-state index in [1.165, 1.54) is 12.1 Å². The zero-order valence-corrected chi connectivity index (χ0v) is 11.2. The molecule has 1 atom stereocenters. The molecule has 3 rings (SSSR count). The molecule has 0 fully saturated rings. The van der Waals surface area contributed by atoms with Gasteiger partial charge in [-0.1, -0.05) is 6.07 Å². The number of fused-ring (bicyclic) bond motifs is 1. The predicted molar refractivity (Wildman–Crippen MR) is 75.9 cm³/mol. The second kappa shape index (κ2) is 5.31. The fourth-order valence-corrected chi connectivity index (χ4v) is 2.07. The Hall–Kier alpha value is -2.78. The van der Waals surface area contributed by atoms with E-state index in [0.29, 0.717) is 22.6 Å². The standard InChI is InChI=1S/C16H11FN2O2/c1-10(18-9-20)12-4-7-15-14(8-12)19-16(21-15)11-2-5-13(17)6-3-11/h2-8,10H,1H3/t10-/m0/s1. The van der Waals surface area contributed by atoms with E-state index in [4.69, 9.17) is 4.42 Å². The average Bonchev–Trinajstić information content (AvgIpc) is 2.91. The Morgan fingerprint density at radius 3 is 2.71 bits per heavy atom. The van der Waals surface area contributed by atoms with Gasteiger partial charge in [0.2, 0.25) is 12.0 Å². The highest BCUT2D eigenvalue weighted by Crippen LogP contribution is 2.27. The van der Waals surface area contributed by atoms with E-state index in [1.54, 1.807) is 31.2 Å². The molecule has 0 aliphatic heterocycles. The normalized spacial score (nSPS) is 12.1. The molecule has 0 unspecified atom stereocenters. The van der Waals surface area contributed by atoms with Crippen LogP contribution in [0.3, 0.4) is 0 Å². The number of aromatic nitrogens is 1. The number of benzene rings is 2. The Bertz CT molecular complexity index is 833. The molecule has 5 heteroatoms. The van der Waals surface area contributed by atoms with E-state index in [1.807, 2.05) is 12.1 Å². The van der Waals surface area contributed by atoms with Crippen molar-refractivity contribution >= 4 is 17.2 Å². The van der Waals surface area contributed by atoms with Gasteiger partial charge in [-0.15, -0.1) is 0 Å². The van der Waals surface area contributed by atoms with E-state index in [0.717, 1.165) is 5.56 Å². The van der Waals surface area contributed by atoms with Gasteiger partial charge in [0, 0.05) is 5.56 Å². The lowest BCUT2D eigenvalue weighted by Crippen LogP contribution is -1.88. The van der Waals surface area contributed by atoms with Gasteiger partial charge in [0.25, 0.3) is 0 Å². The van der Waals surface area contributed by atoms with Gasteiger partial charge in [-0.2, -0.15) is 4.99 Å². The average molecular weight is 282 g/mol. The van der Waals surface area contributed by atoms with E-state index < -0.39 is 0 Å². The molecule has 0 N–H and O–H groups in total. The summed E-state index contributed by atoms with van der Waals surface area (Å²) in [6, 6.07) is 11.1. The quantitative estimate of drug-likeness (QED) is 0.538. The number of hydrogen-bond donors (Lipinski definition) is 0. The summed E-state index contributed by atoms with van der Waals surface area (Å²) < 4.78 is 18.6. The Morgan fingerprint density at radius 1 is 1.24 bits per heavy atom. The summed E-state index contributed by atoms with van der Waals surface area (Å²) in [4.78, 5) is 18.4. The van der Waals surface area contributed by atoms with E-state index in [2.05, 4.69) is 9.98 Å². The van der Waals surface area contributed by atoms with Crippen LogP contribution in [0.1, 0.15) is 18.5 Å². The van der Waals surface area contributed by atoms with Crippen LogP contribution in [0.15, 0.2) is 51.9 Å². The fourth-order valence-electron chi connectivity index (χ4n) is 2.07. The largest absolute Gasteiger partial charge is 0.436 e. The molecule has 2 aromatic carbocycles. The Kier molecular flexibility index (Phi) is 3.34. The molecule has 0 radical (unpaired) electrons. The Balaban J connectivity index is 2.04. The minimum atomic E-state index is -0.308. The number of aliphatic imine (C=N–C) groups is 1. The lowest BCUT2D eigenvalue weighted by Gasteiger charge is -2.02. The summed E-state index contributed by atoms with van der Waals surface area (Å²) >= 11 is 0. The van der Waals surface area contributed by atoms with Crippen molar-refractivity contribution in [3.05, 3.63) is 53.8 Å². The minimum absolute atomic E-state index is 0.280. The molecule has 0 aliphatic rings. The third kappa shape index (κ3) is 2.59. The van der Waals surface area contributed by atoms with Crippen molar-refractivity contribution in [2.24, 2.45) is 4.99 Å². The number of halogens is 1. The molecular formula is C16H11FN2O2. The number of oxazole rings is 1. The second-order valence-electron chi connectivity index (χ2n) is 4.65. The van der Waals surface area contributed by atoms with Crippen LogP contribution in [0.2, 0.25) is 0 Å². The van der Waals surface area contributed by atoms with Gasteiger partial charge < -0.3 is 4.42 Å². The summed E-state index contributed by atoms with van der Waals surface area (Å²) in [5.74, 6) is 0.117. The van der Waals surface area contributed by atoms with Gasteiger partial charge in [0.05, 0.1) is 6.04 Å². The van der Waals surface area contributed by atoms with Crippen LogP contribution in [-0.4, -0.2) is 11.1 Å². The summed E-state index contributed by atoms with van der Waals surface area (Å²) in [6.07, 6.45) is 1.55. The maximum Gasteiger partial charge on any atom is 0.235 e. The maximum absolute atomic E-state index is 12.9. The van der Waals surface area contributed by atoms with Gasteiger partial charge >= 0.3 is 0 Å². The van der Waals surface area contributed by atoms with Crippen LogP contribution >= 0.6 is 0 Å². The molecule has 1 aromatic heterocycles. The predicted octanol–water partition coefficient (Wildman–Crippen LogP) is 4.03. The van der Waals surface area contributed by atoms with Crippen molar-refractivity contribution in [2.45, 2.75) is 13.0 Å². The van der Waals surface area contributed by atoms with Crippen molar-refractivity contribution in [3.63, 3.8) is 0 Å². The molecule has 0 saturated heterocycles. The van der Waals surface area contributed by atoms with Crippen molar-refractivity contribution < 1.29 is 13.6 Å². The van der Waals surface area contributed by atoms with Crippen LogP contribution in [0.25, 0.3) is 22.6 Å². The van der Waals surface area contributed by atoms with E-state index in [-0.39, 0.29) is 11.9 Å². The minimum Gasteiger partial charge on any atom is -0.436 e. The molecular weight excluding hydrogens is 271 g/mol. The SMILES string of the molecule is C[C@H](N=C=O)c1ccc2oc(-c3ccc(F)cc3)nc2c1. The van der Waals surface area contributed by atoms with Gasteiger partial charge in [0.1, 0.15) is 11.3 Å². The van der Waals surface area contributed by atoms with Crippen molar-refractivity contribution in [3.8, 4) is 11.5 Å². The van der Waals surface area contributed by atoms with Gasteiger partial charge in [0.15, 0.2) is 5.58 Å². The van der Waals surface area contributed by atoms with E-state index in [9.17, 15) is 9.18 Å². The highest BCUT2D eigenvalue weighted by Gasteiger charge is 2.11. The van der Waals surface area contributed by atoms with Crippen LogP contribution in [0, 0.1) is 5.82 Å². The third-order valence-electron chi connectivity index (χ3n) is 3.23. The molecule has 0 saturated carbocycles. The highest BCUT2D eigenvalue weighted by atomic mass is 19.1. The number of rotatable bonds is 3. The lowest BCUT2D eigenvalue weighted by molar-refractivity contribution is 0.559. The summed E-state index contributed by atoms with van der Waals surface area (Å²) in [5, 5.41) is 0. The second-order valence-corrected chi connectivity index (χ2v) is 4.65.